The summed E-state index contributed by atoms with van der Waals surface area (Å²) in [5.41, 5.74) is 9.33. The van der Waals surface area contributed by atoms with Crippen LogP contribution in [0.15, 0.2) is 30.3 Å². The Morgan fingerprint density at radius 1 is 1.35 bits per heavy atom. The third kappa shape index (κ3) is 2.70. The van der Waals surface area contributed by atoms with Crippen LogP contribution in [-0.4, -0.2) is 46.9 Å². The molecule has 1 saturated heterocycles. The summed E-state index contributed by atoms with van der Waals surface area (Å²) in [6.07, 6.45) is 0. The number of carbonyl (C=O) groups excluding carboxylic acids is 1. The van der Waals surface area contributed by atoms with Gasteiger partial charge in [-0.1, -0.05) is 18.2 Å². The number of rotatable bonds is 3. The van der Waals surface area contributed by atoms with Gasteiger partial charge >= 0.3 is 0 Å². The van der Waals surface area contributed by atoms with Gasteiger partial charge in [0.15, 0.2) is 5.65 Å². The number of anilines is 1. The van der Waals surface area contributed by atoms with Crippen molar-refractivity contribution in [2.75, 3.05) is 24.7 Å². The number of carbonyl (C=O) groups is 1. The van der Waals surface area contributed by atoms with Gasteiger partial charge in [0.05, 0.1) is 19.3 Å². The lowest BCUT2D eigenvalue weighted by Gasteiger charge is -2.34. The van der Waals surface area contributed by atoms with Crippen LogP contribution in [0, 0.1) is 6.92 Å². The summed E-state index contributed by atoms with van der Waals surface area (Å²) in [5, 5.41) is 8.26. The molecule has 1 aliphatic rings. The predicted molar refractivity (Wildman–Crippen MR) is 100 cm³/mol. The fraction of sp³-hybridized carbons (Fsp3) is 0.316. The number of nitrogens with one attached hydrogen (secondary N) is 1. The number of primary amides is 1. The fourth-order valence-electron chi connectivity index (χ4n) is 3.52. The maximum absolute atomic E-state index is 11.9. The molecule has 1 atom stereocenters. The molecule has 0 radical (unpaired) electrons. The minimum Gasteiger partial charge on any atom is -0.377 e. The first-order valence-corrected chi connectivity index (χ1v) is 8.65. The van der Waals surface area contributed by atoms with Gasteiger partial charge in [0.25, 0.3) is 0 Å². The highest BCUT2D eigenvalue weighted by atomic mass is 16.5. The maximum atomic E-state index is 11.9. The summed E-state index contributed by atoms with van der Waals surface area (Å²) in [5.74, 6) is 0.377. The number of nitrogens with zero attached hydrogens (tertiary/aromatic N) is 3. The number of pyridine rings is 1. The van der Waals surface area contributed by atoms with Crippen molar-refractivity contribution >= 4 is 22.8 Å². The van der Waals surface area contributed by atoms with Crippen LogP contribution in [0.5, 0.6) is 0 Å². The van der Waals surface area contributed by atoms with Crippen molar-refractivity contribution in [2.24, 2.45) is 5.73 Å². The van der Waals surface area contributed by atoms with Crippen LogP contribution < -0.4 is 10.6 Å². The first-order chi connectivity index (χ1) is 12.6. The molecule has 1 aliphatic heterocycles. The Balaban J connectivity index is 1.96. The van der Waals surface area contributed by atoms with E-state index in [1.54, 1.807) is 6.07 Å². The van der Waals surface area contributed by atoms with E-state index >= 15 is 0 Å². The number of hydrogen-bond donors (Lipinski definition) is 2. The molecular weight excluding hydrogens is 330 g/mol. The van der Waals surface area contributed by atoms with Crippen LogP contribution in [0.2, 0.25) is 0 Å². The molecule has 1 fully saturated rings. The van der Waals surface area contributed by atoms with E-state index in [1.807, 2.05) is 31.2 Å². The Bertz CT molecular complexity index is 981. The summed E-state index contributed by atoms with van der Waals surface area (Å²) in [6.45, 7) is 6.14. The minimum absolute atomic E-state index is 0.216. The molecule has 1 amide bonds. The zero-order valence-electron chi connectivity index (χ0n) is 14.8. The molecule has 1 aromatic carbocycles. The highest BCUT2D eigenvalue weighted by Gasteiger charge is 2.24. The van der Waals surface area contributed by atoms with Crippen molar-refractivity contribution < 1.29 is 9.53 Å². The third-order valence-electron chi connectivity index (χ3n) is 4.84. The van der Waals surface area contributed by atoms with Gasteiger partial charge in [0, 0.05) is 23.2 Å². The second-order valence-corrected chi connectivity index (χ2v) is 6.60. The van der Waals surface area contributed by atoms with Crippen LogP contribution in [0.1, 0.15) is 23.0 Å². The summed E-state index contributed by atoms with van der Waals surface area (Å²) < 4.78 is 5.54. The Morgan fingerprint density at radius 2 is 2.15 bits per heavy atom. The highest BCUT2D eigenvalue weighted by molar-refractivity contribution is 6.05. The Morgan fingerprint density at radius 3 is 2.92 bits per heavy atom. The van der Waals surface area contributed by atoms with E-state index in [1.165, 1.54) is 0 Å². The summed E-state index contributed by atoms with van der Waals surface area (Å²) in [6, 6.07) is 9.61. The predicted octanol–water partition coefficient (Wildman–Crippen LogP) is 2.26. The van der Waals surface area contributed by atoms with Crippen molar-refractivity contribution in [3.8, 4) is 11.1 Å². The molecule has 0 aliphatic carbocycles. The lowest BCUT2D eigenvalue weighted by Crippen LogP contribution is -2.44. The van der Waals surface area contributed by atoms with E-state index < -0.39 is 5.91 Å². The molecule has 7 nitrogen and oxygen atoms in total. The monoisotopic (exact) mass is 351 g/mol. The van der Waals surface area contributed by atoms with Gasteiger partial charge < -0.3 is 15.4 Å². The van der Waals surface area contributed by atoms with E-state index in [0.717, 1.165) is 34.6 Å². The molecule has 134 valence electrons. The number of H-pyrrole nitrogens is 1. The van der Waals surface area contributed by atoms with Gasteiger partial charge in [0.1, 0.15) is 5.82 Å². The molecule has 0 bridgehead atoms. The summed E-state index contributed by atoms with van der Waals surface area (Å²) >= 11 is 0. The van der Waals surface area contributed by atoms with Gasteiger partial charge in [-0.3, -0.25) is 9.89 Å². The first kappa shape index (κ1) is 16.5. The number of hydrogen-bond acceptors (Lipinski definition) is 5. The molecule has 0 saturated carbocycles. The number of aromatic amines is 1. The molecule has 3 heterocycles. The van der Waals surface area contributed by atoms with Crippen molar-refractivity contribution in [2.45, 2.75) is 19.9 Å². The molecule has 0 spiro atoms. The van der Waals surface area contributed by atoms with Gasteiger partial charge in [-0.25, -0.2) is 4.98 Å². The molecule has 0 unspecified atom stereocenters. The first-order valence-electron chi connectivity index (χ1n) is 8.65. The third-order valence-corrected chi connectivity index (χ3v) is 4.84. The second-order valence-electron chi connectivity index (χ2n) is 6.60. The van der Waals surface area contributed by atoms with E-state index in [-0.39, 0.29) is 6.04 Å². The zero-order valence-corrected chi connectivity index (χ0v) is 14.8. The van der Waals surface area contributed by atoms with Crippen LogP contribution in [0.3, 0.4) is 0 Å². The number of amides is 1. The van der Waals surface area contributed by atoms with Crippen LogP contribution in [0.25, 0.3) is 22.2 Å². The topological polar surface area (TPSA) is 97.1 Å². The number of fused-ring (bicyclic) bond motifs is 1. The normalized spacial score (nSPS) is 17.6. The molecule has 7 heteroatoms. The molecule has 4 rings (SSSR count). The Kier molecular flexibility index (Phi) is 4.08. The molecule has 2 aromatic heterocycles. The summed E-state index contributed by atoms with van der Waals surface area (Å²) in [4.78, 5) is 18.9. The maximum Gasteiger partial charge on any atom is 0.249 e. The largest absolute Gasteiger partial charge is 0.377 e. The minimum atomic E-state index is -0.451. The lowest BCUT2D eigenvalue weighted by molar-refractivity contribution is 0.0985. The van der Waals surface area contributed by atoms with Gasteiger partial charge in [-0.05, 0) is 37.1 Å². The second kappa shape index (κ2) is 6.42. The number of nitrogens with two attached hydrogens (primary N) is 1. The average molecular weight is 351 g/mol. The van der Waals surface area contributed by atoms with Crippen molar-refractivity contribution in [1.29, 1.82) is 0 Å². The van der Waals surface area contributed by atoms with Crippen LogP contribution in [-0.2, 0) is 4.74 Å². The van der Waals surface area contributed by atoms with E-state index in [9.17, 15) is 4.79 Å². The number of benzene rings is 1. The zero-order chi connectivity index (χ0) is 18.3. The Hall–Kier alpha value is -2.93. The van der Waals surface area contributed by atoms with Gasteiger partial charge in [-0.2, -0.15) is 5.10 Å². The SMILES string of the molecule is Cc1[nH]nc2nc(N3CCOC[C@H]3C)cc(-c3ccccc3C(N)=O)c12. The van der Waals surface area contributed by atoms with Crippen LogP contribution >= 0.6 is 0 Å². The highest BCUT2D eigenvalue weighted by Crippen LogP contribution is 2.35. The van der Waals surface area contributed by atoms with E-state index in [2.05, 4.69) is 22.0 Å². The molecule has 3 N–H and O–H groups in total. The van der Waals surface area contributed by atoms with Crippen molar-refractivity contribution in [3.05, 3.63) is 41.6 Å². The molecule has 3 aromatic rings. The number of morpholine rings is 1. The number of aromatic nitrogens is 3. The standard InChI is InChI=1S/C19H21N5O2/c1-11-10-26-8-7-24(11)16-9-15(17-12(2)22-23-19(17)21-16)13-5-3-4-6-14(13)18(20)25/h3-6,9,11H,7-8,10H2,1-2H3,(H2,20,25)(H,21,22,23)/t11-/m1/s1. The van der Waals surface area contributed by atoms with Gasteiger partial charge in [-0.15, -0.1) is 0 Å². The van der Waals surface area contributed by atoms with E-state index in [4.69, 9.17) is 15.5 Å². The smallest absolute Gasteiger partial charge is 0.249 e. The number of ether oxygens (including phenoxy) is 1. The lowest BCUT2D eigenvalue weighted by atomic mass is 9.96. The van der Waals surface area contributed by atoms with E-state index in [0.29, 0.717) is 24.4 Å². The average Bonchev–Trinajstić information content (AvgIpc) is 3.02. The van der Waals surface area contributed by atoms with Crippen LogP contribution in [0.4, 0.5) is 5.82 Å². The fourth-order valence-corrected chi connectivity index (χ4v) is 3.52. The Labute approximate surface area is 151 Å². The molecular formula is C19H21N5O2. The number of aryl methyl sites for hydroxylation is 1. The van der Waals surface area contributed by atoms with Crippen molar-refractivity contribution in [1.82, 2.24) is 15.2 Å². The quantitative estimate of drug-likeness (QED) is 0.754. The van der Waals surface area contributed by atoms with Gasteiger partial charge in [0.2, 0.25) is 5.91 Å². The molecule has 26 heavy (non-hydrogen) atoms. The van der Waals surface area contributed by atoms with Crippen molar-refractivity contribution in [3.63, 3.8) is 0 Å². The summed E-state index contributed by atoms with van der Waals surface area (Å²) in [7, 11) is 0.